The van der Waals surface area contributed by atoms with Crippen LogP contribution in [0.5, 0.6) is 0 Å². The summed E-state index contributed by atoms with van der Waals surface area (Å²) in [6.45, 7) is 0.115. The molecule has 0 atom stereocenters. The number of nitrogens with zero attached hydrogens (tertiary/aromatic N) is 1. The maximum absolute atomic E-state index is 12.2. The SMILES string of the molecule is NNC(=O)c1cccc(S(=O)(=O)NCc2cccnc2)c1. The van der Waals surface area contributed by atoms with E-state index in [1.54, 1.807) is 24.5 Å². The molecule has 1 amide bonds. The summed E-state index contributed by atoms with van der Waals surface area (Å²) in [4.78, 5) is 15.3. The summed E-state index contributed by atoms with van der Waals surface area (Å²) in [6.07, 6.45) is 3.17. The number of amides is 1. The maximum Gasteiger partial charge on any atom is 0.265 e. The van der Waals surface area contributed by atoms with E-state index in [0.717, 1.165) is 5.56 Å². The van der Waals surface area contributed by atoms with E-state index in [0.29, 0.717) is 0 Å². The number of aromatic nitrogens is 1. The van der Waals surface area contributed by atoms with E-state index in [9.17, 15) is 13.2 Å². The minimum atomic E-state index is -3.72. The van der Waals surface area contributed by atoms with Gasteiger partial charge in [-0.25, -0.2) is 19.0 Å². The molecule has 1 aromatic heterocycles. The van der Waals surface area contributed by atoms with Gasteiger partial charge in [-0.15, -0.1) is 0 Å². The Hall–Kier alpha value is -2.29. The predicted octanol–water partition coefficient (Wildman–Crippen LogP) is 0.164. The molecule has 0 bridgehead atoms. The maximum atomic E-state index is 12.2. The lowest BCUT2D eigenvalue weighted by Crippen LogP contribution is -2.30. The lowest BCUT2D eigenvalue weighted by molar-refractivity contribution is 0.0953. The number of hydrogen-bond donors (Lipinski definition) is 3. The minimum absolute atomic E-state index is 0.00695. The first-order valence-corrected chi connectivity index (χ1v) is 7.51. The summed E-state index contributed by atoms with van der Waals surface area (Å²) in [5, 5.41) is 0. The molecule has 0 aliphatic heterocycles. The Morgan fingerprint density at radius 3 is 2.71 bits per heavy atom. The molecule has 110 valence electrons. The highest BCUT2D eigenvalue weighted by Gasteiger charge is 2.15. The predicted molar refractivity (Wildman–Crippen MR) is 76.4 cm³/mol. The van der Waals surface area contributed by atoms with Crippen molar-refractivity contribution in [1.29, 1.82) is 0 Å². The van der Waals surface area contributed by atoms with Crippen molar-refractivity contribution in [3.8, 4) is 0 Å². The van der Waals surface area contributed by atoms with Crippen LogP contribution >= 0.6 is 0 Å². The second kappa shape index (κ2) is 6.44. The lowest BCUT2D eigenvalue weighted by Gasteiger charge is -2.08. The van der Waals surface area contributed by atoms with E-state index in [4.69, 9.17) is 5.84 Å². The van der Waals surface area contributed by atoms with Gasteiger partial charge in [0.15, 0.2) is 0 Å². The largest absolute Gasteiger partial charge is 0.290 e. The van der Waals surface area contributed by atoms with Gasteiger partial charge in [-0.2, -0.15) is 0 Å². The molecular weight excluding hydrogens is 292 g/mol. The molecule has 0 unspecified atom stereocenters. The van der Waals surface area contributed by atoms with E-state index in [1.165, 1.54) is 24.3 Å². The van der Waals surface area contributed by atoms with Crippen molar-refractivity contribution in [3.05, 3.63) is 59.9 Å². The standard InChI is InChI=1S/C13H14N4O3S/c14-17-13(18)11-4-1-5-12(7-11)21(19,20)16-9-10-3-2-6-15-8-10/h1-8,16H,9,14H2,(H,17,18). The van der Waals surface area contributed by atoms with Gasteiger partial charge in [0.2, 0.25) is 10.0 Å². The zero-order valence-electron chi connectivity index (χ0n) is 11.0. The zero-order valence-corrected chi connectivity index (χ0v) is 11.8. The van der Waals surface area contributed by atoms with Crippen molar-refractivity contribution in [1.82, 2.24) is 15.1 Å². The summed E-state index contributed by atoms with van der Waals surface area (Å²) in [6, 6.07) is 9.09. The van der Waals surface area contributed by atoms with E-state index in [2.05, 4.69) is 9.71 Å². The molecule has 0 aliphatic carbocycles. The third-order valence-electron chi connectivity index (χ3n) is 2.73. The first kappa shape index (κ1) is 15.1. The second-order valence-corrected chi connectivity index (χ2v) is 5.95. The van der Waals surface area contributed by atoms with Gasteiger partial charge in [0.1, 0.15) is 0 Å². The highest BCUT2D eigenvalue weighted by atomic mass is 32.2. The molecule has 1 heterocycles. The number of pyridine rings is 1. The number of carbonyl (C=O) groups excluding carboxylic acids is 1. The van der Waals surface area contributed by atoms with E-state index < -0.39 is 15.9 Å². The second-order valence-electron chi connectivity index (χ2n) is 4.19. The number of sulfonamides is 1. The van der Waals surface area contributed by atoms with E-state index in [1.807, 2.05) is 5.43 Å². The Kier molecular flexibility index (Phi) is 4.63. The van der Waals surface area contributed by atoms with Crippen molar-refractivity contribution < 1.29 is 13.2 Å². The van der Waals surface area contributed by atoms with Crippen molar-refractivity contribution in [2.24, 2.45) is 5.84 Å². The summed E-state index contributed by atoms with van der Waals surface area (Å²) >= 11 is 0. The number of nitrogens with one attached hydrogen (secondary N) is 2. The number of carbonyl (C=O) groups is 1. The summed E-state index contributed by atoms with van der Waals surface area (Å²) in [5.74, 6) is 4.47. The third kappa shape index (κ3) is 3.85. The fourth-order valence-electron chi connectivity index (χ4n) is 1.65. The molecule has 2 rings (SSSR count). The number of hydrazine groups is 1. The fraction of sp³-hybridized carbons (Fsp3) is 0.0769. The molecule has 0 fully saturated rings. The Bertz CT molecular complexity index is 732. The summed E-state index contributed by atoms with van der Waals surface area (Å²) in [5.41, 5.74) is 2.86. The fourth-order valence-corrected chi connectivity index (χ4v) is 2.72. The molecule has 0 radical (unpaired) electrons. The molecule has 0 saturated carbocycles. The van der Waals surface area contributed by atoms with Gasteiger partial charge in [0.25, 0.3) is 5.91 Å². The van der Waals surface area contributed by atoms with Crippen LogP contribution in [0.25, 0.3) is 0 Å². The van der Waals surface area contributed by atoms with Crippen LogP contribution < -0.4 is 16.0 Å². The van der Waals surface area contributed by atoms with Crippen LogP contribution in [-0.4, -0.2) is 19.3 Å². The zero-order chi connectivity index (χ0) is 15.3. The molecule has 0 saturated heterocycles. The first-order valence-electron chi connectivity index (χ1n) is 6.02. The van der Waals surface area contributed by atoms with Crippen LogP contribution in [0.15, 0.2) is 53.7 Å². The average molecular weight is 306 g/mol. The third-order valence-corrected chi connectivity index (χ3v) is 4.13. The molecular formula is C13H14N4O3S. The van der Waals surface area contributed by atoms with Gasteiger partial charge in [-0.1, -0.05) is 12.1 Å². The number of benzene rings is 1. The molecule has 7 nitrogen and oxygen atoms in total. The van der Waals surface area contributed by atoms with Crippen LogP contribution in [0, 0.1) is 0 Å². The normalized spacial score (nSPS) is 11.1. The number of nitrogen functional groups attached to an aromatic ring is 1. The topological polar surface area (TPSA) is 114 Å². The van der Waals surface area contributed by atoms with Gasteiger partial charge < -0.3 is 0 Å². The molecule has 8 heteroatoms. The monoisotopic (exact) mass is 306 g/mol. The number of nitrogens with two attached hydrogens (primary N) is 1. The van der Waals surface area contributed by atoms with Crippen LogP contribution in [0.4, 0.5) is 0 Å². The molecule has 21 heavy (non-hydrogen) atoms. The molecule has 0 spiro atoms. The number of hydrogen-bond acceptors (Lipinski definition) is 5. The molecule has 2 aromatic rings. The van der Waals surface area contributed by atoms with Crippen LogP contribution in [0.2, 0.25) is 0 Å². The minimum Gasteiger partial charge on any atom is -0.290 e. The van der Waals surface area contributed by atoms with Crippen molar-refractivity contribution >= 4 is 15.9 Å². The Morgan fingerprint density at radius 2 is 2.05 bits per heavy atom. The van der Waals surface area contributed by atoms with Gasteiger partial charge in [-0.3, -0.25) is 15.2 Å². The van der Waals surface area contributed by atoms with Crippen molar-refractivity contribution in [2.75, 3.05) is 0 Å². The van der Waals surface area contributed by atoms with Crippen LogP contribution in [0.1, 0.15) is 15.9 Å². The quantitative estimate of drug-likeness (QED) is 0.414. The molecule has 0 aliphatic rings. The Morgan fingerprint density at radius 1 is 1.24 bits per heavy atom. The highest BCUT2D eigenvalue weighted by molar-refractivity contribution is 7.89. The highest BCUT2D eigenvalue weighted by Crippen LogP contribution is 2.12. The Balaban J connectivity index is 2.18. The first-order chi connectivity index (χ1) is 10.0. The summed E-state index contributed by atoms with van der Waals surface area (Å²) < 4.78 is 26.8. The number of rotatable bonds is 5. The van der Waals surface area contributed by atoms with E-state index in [-0.39, 0.29) is 17.0 Å². The van der Waals surface area contributed by atoms with Gasteiger partial charge in [0, 0.05) is 24.5 Å². The average Bonchev–Trinajstić information content (AvgIpc) is 2.53. The lowest BCUT2D eigenvalue weighted by atomic mass is 10.2. The molecule has 4 N–H and O–H groups in total. The Labute approximate surface area is 122 Å². The van der Waals surface area contributed by atoms with Gasteiger partial charge in [0.05, 0.1) is 4.90 Å². The van der Waals surface area contributed by atoms with Gasteiger partial charge in [-0.05, 0) is 29.8 Å². The van der Waals surface area contributed by atoms with Crippen LogP contribution in [0.3, 0.4) is 0 Å². The van der Waals surface area contributed by atoms with Crippen LogP contribution in [-0.2, 0) is 16.6 Å². The van der Waals surface area contributed by atoms with Crippen molar-refractivity contribution in [2.45, 2.75) is 11.4 Å². The summed E-state index contributed by atoms with van der Waals surface area (Å²) in [7, 11) is -3.72. The van der Waals surface area contributed by atoms with Crippen molar-refractivity contribution in [3.63, 3.8) is 0 Å². The van der Waals surface area contributed by atoms with Gasteiger partial charge >= 0.3 is 0 Å². The molecule has 1 aromatic carbocycles. The van der Waals surface area contributed by atoms with E-state index >= 15 is 0 Å². The smallest absolute Gasteiger partial charge is 0.265 e.